The van der Waals surface area contributed by atoms with Crippen molar-refractivity contribution in [1.82, 2.24) is 13.7 Å². The molecule has 9 heterocycles. The molecular weight excluding hydrogens is 1560 g/mol. The molecule has 123 heavy (non-hydrogen) atoms. The molecule has 0 aliphatic rings. The van der Waals surface area contributed by atoms with Crippen molar-refractivity contribution in [2.75, 3.05) is 0 Å². The lowest BCUT2D eigenvalue weighted by molar-refractivity contribution is 0.672. The predicted molar refractivity (Wildman–Crippen MR) is 523 cm³/mol. The first-order chi connectivity index (χ1) is 61.0. The van der Waals surface area contributed by atoms with Gasteiger partial charge in [-0.05, 0) is 218 Å². The van der Waals surface area contributed by atoms with Gasteiger partial charge in [-0.1, -0.05) is 267 Å². The highest BCUT2D eigenvalue weighted by molar-refractivity contribution is 7.26. The highest BCUT2D eigenvalue weighted by Gasteiger charge is 2.25. The number of rotatable bonds is 9. The molecule has 6 nitrogen and oxygen atoms in total. The molecule has 27 aromatic rings. The molecule has 0 radical (unpaired) electrons. The first kappa shape index (κ1) is 70.6. The maximum absolute atomic E-state index is 6.48. The molecule has 0 amide bonds. The van der Waals surface area contributed by atoms with Crippen molar-refractivity contribution < 1.29 is 13.3 Å². The van der Waals surface area contributed by atoms with Crippen LogP contribution in [0.3, 0.4) is 0 Å². The molecule has 0 atom stereocenters. The summed E-state index contributed by atoms with van der Waals surface area (Å²) in [4.78, 5) is 0. The minimum atomic E-state index is 0.904. The average molecular weight is 1630 g/mol. The summed E-state index contributed by atoms with van der Waals surface area (Å²) in [6.45, 7) is 0. The molecule has 0 saturated heterocycles. The van der Waals surface area contributed by atoms with Crippen LogP contribution in [0.5, 0.6) is 0 Å². The molecule has 0 N–H and O–H groups in total. The number of furan rings is 3. The van der Waals surface area contributed by atoms with Crippen molar-refractivity contribution in [3.05, 3.63) is 419 Å². The zero-order valence-corrected chi connectivity index (χ0v) is 68.6. The van der Waals surface area contributed by atoms with E-state index in [0.717, 1.165) is 116 Å². The summed E-state index contributed by atoms with van der Waals surface area (Å²) < 4.78 is 34.4. The Labute approximate surface area is 717 Å². The first-order valence-electron chi connectivity index (χ1n) is 41.6. The Bertz CT molecular complexity index is 8850. The zero-order chi connectivity index (χ0) is 80.7. The summed E-state index contributed by atoms with van der Waals surface area (Å²) >= 11 is 5.59. The highest BCUT2D eigenvalue weighted by Crippen LogP contribution is 2.48. The lowest BCUT2D eigenvalue weighted by Crippen LogP contribution is -1.92. The fraction of sp³-hybridized carbons (Fsp3) is 0. The standard InChI is InChI=1S/3C38H23NOS/c1-2-9-27(10-3-1)39-32-14-6-4-11-29(32)38-37(39)31-23-26(21-22-33(31)40-38)24-17-19-25(20-18-24)28-13-8-16-35-36(28)30-12-5-7-15-34(30)41-35;1-2-8-28(9-3-1)39-33-12-6-4-11-31(33)38-37(39)32-22-26(19-21-34(32)40-38)24-14-16-25(17-15-24)27-18-20-30-29-10-5-7-13-35(29)41-36(30)23-27;1-2-8-28(9-3-1)39-33-12-6-4-11-30(33)38-37(39)32-23-26(18-20-34(32)40-38)24-14-16-25(17-15-24)27-19-21-36-31(22-27)29-10-5-7-13-35(29)41-36/h3*1-23H. The smallest absolute Gasteiger partial charge is 0.161 e. The lowest BCUT2D eigenvalue weighted by Gasteiger charge is -2.09. The fourth-order valence-electron chi connectivity index (χ4n) is 18.9. The van der Waals surface area contributed by atoms with Crippen molar-refractivity contribution in [1.29, 1.82) is 0 Å². The molecule has 9 aromatic heterocycles. The normalized spacial score (nSPS) is 11.9. The Hall–Kier alpha value is -15.4. The Morgan fingerprint density at radius 1 is 0.171 bits per heavy atom. The van der Waals surface area contributed by atoms with Crippen LogP contribution in [-0.2, 0) is 0 Å². The van der Waals surface area contributed by atoms with E-state index < -0.39 is 0 Å². The lowest BCUT2D eigenvalue weighted by atomic mass is 9.96. The van der Waals surface area contributed by atoms with E-state index in [1.165, 1.54) is 127 Å². The third-order valence-corrected chi connectivity index (χ3v) is 28.1. The van der Waals surface area contributed by atoms with E-state index in [1.54, 1.807) is 0 Å². The van der Waals surface area contributed by atoms with E-state index in [9.17, 15) is 0 Å². The largest absolute Gasteiger partial charge is 0.454 e. The Kier molecular flexibility index (Phi) is 16.5. The maximum atomic E-state index is 6.48. The van der Waals surface area contributed by atoms with Gasteiger partial charge < -0.3 is 27.0 Å². The molecule has 0 fully saturated rings. The van der Waals surface area contributed by atoms with Gasteiger partial charge in [-0.2, -0.15) is 0 Å². The second kappa shape index (κ2) is 28.7. The summed E-state index contributed by atoms with van der Waals surface area (Å²) in [5.74, 6) is 0. The van der Waals surface area contributed by atoms with Gasteiger partial charge in [0.05, 0.1) is 16.6 Å². The highest BCUT2D eigenvalue weighted by atomic mass is 32.1. The molecule has 18 aromatic carbocycles. The van der Waals surface area contributed by atoms with Gasteiger partial charge in [-0.25, -0.2) is 0 Å². The number of thiophene rings is 3. The van der Waals surface area contributed by atoms with Gasteiger partial charge in [0.25, 0.3) is 0 Å². The first-order valence-corrected chi connectivity index (χ1v) is 44.0. The predicted octanol–water partition coefficient (Wildman–Crippen LogP) is 33.7. The van der Waals surface area contributed by atoms with Crippen molar-refractivity contribution in [3.63, 3.8) is 0 Å². The summed E-state index contributed by atoms with van der Waals surface area (Å²) in [6, 6.07) is 150. The third kappa shape index (κ3) is 11.7. The van der Waals surface area contributed by atoms with Crippen molar-refractivity contribution in [2.45, 2.75) is 0 Å². The van der Waals surface area contributed by atoms with Crippen LogP contribution in [0.1, 0.15) is 0 Å². The molecular formula is C114H69N3O3S3. The molecule has 0 aliphatic carbocycles. The molecule has 0 saturated carbocycles. The van der Waals surface area contributed by atoms with Gasteiger partial charge >= 0.3 is 0 Å². The minimum Gasteiger partial charge on any atom is -0.454 e. The SMILES string of the molecule is c1ccc(-n2c3ccccc3c3oc4ccc(-c5ccc(-c6ccc7c(c6)sc6ccccc67)cc5)cc4c32)cc1.c1ccc(-n2c3ccccc3c3oc4ccc(-c5ccc(-c6ccc7sc8ccccc8c7c6)cc5)cc4c32)cc1.c1ccc(-n2c3ccccc3c3oc4ccc(-c5ccc(-c6cccc7sc8ccccc8c67)cc5)cc4c32)cc1. The molecule has 9 heteroatoms. The monoisotopic (exact) mass is 1620 g/mol. The Balaban J connectivity index is 0.000000101. The number of benzene rings is 18. The maximum Gasteiger partial charge on any atom is 0.161 e. The molecule has 27 rings (SSSR count). The number of aromatic nitrogens is 3. The van der Waals surface area contributed by atoms with Gasteiger partial charge in [0, 0.05) is 110 Å². The van der Waals surface area contributed by atoms with E-state index >= 15 is 0 Å². The second-order valence-corrected chi connectivity index (χ2v) is 34.9. The molecule has 0 bridgehead atoms. The molecule has 0 spiro atoms. The van der Waals surface area contributed by atoms with Crippen molar-refractivity contribution >= 4 is 193 Å². The van der Waals surface area contributed by atoms with Crippen LogP contribution in [0, 0.1) is 0 Å². The summed E-state index contributed by atoms with van der Waals surface area (Å²) in [5.41, 5.74) is 30.3. The summed E-state index contributed by atoms with van der Waals surface area (Å²) in [6.07, 6.45) is 0. The number of hydrogen-bond donors (Lipinski definition) is 0. The van der Waals surface area contributed by atoms with Gasteiger partial charge in [0.2, 0.25) is 0 Å². The fourth-order valence-corrected chi connectivity index (χ4v) is 22.2. The van der Waals surface area contributed by atoms with E-state index in [1.807, 2.05) is 34.0 Å². The van der Waals surface area contributed by atoms with Crippen LogP contribution >= 0.6 is 34.0 Å². The van der Waals surface area contributed by atoms with Gasteiger partial charge in [0.1, 0.15) is 33.3 Å². The quantitative estimate of drug-likeness (QED) is 0.145. The van der Waals surface area contributed by atoms with E-state index in [2.05, 4.69) is 432 Å². The molecule has 576 valence electrons. The Morgan fingerprint density at radius 2 is 0.455 bits per heavy atom. The van der Waals surface area contributed by atoms with E-state index in [0.29, 0.717) is 0 Å². The van der Waals surface area contributed by atoms with E-state index in [-0.39, 0.29) is 0 Å². The number of para-hydroxylation sites is 6. The van der Waals surface area contributed by atoms with Crippen LogP contribution in [0.25, 0.3) is 243 Å². The van der Waals surface area contributed by atoms with Crippen LogP contribution in [0.2, 0.25) is 0 Å². The average Bonchev–Trinajstić information content (AvgIpc) is 1.57. The number of nitrogens with zero attached hydrogens (tertiary/aromatic N) is 3. The number of fused-ring (bicyclic) bond motifs is 24. The minimum absolute atomic E-state index is 0.904. The van der Waals surface area contributed by atoms with Crippen LogP contribution in [-0.4, -0.2) is 13.7 Å². The van der Waals surface area contributed by atoms with E-state index in [4.69, 9.17) is 13.3 Å². The summed E-state index contributed by atoms with van der Waals surface area (Å²) in [5, 5.41) is 14.8. The second-order valence-electron chi connectivity index (χ2n) is 31.7. The van der Waals surface area contributed by atoms with Crippen LogP contribution in [0.15, 0.2) is 432 Å². The third-order valence-electron chi connectivity index (χ3n) is 24.7. The molecule has 0 aliphatic heterocycles. The zero-order valence-electron chi connectivity index (χ0n) is 66.1. The van der Waals surface area contributed by atoms with Crippen LogP contribution in [0.4, 0.5) is 0 Å². The Morgan fingerprint density at radius 3 is 0.886 bits per heavy atom. The van der Waals surface area contributed by atoms with Gasteiger partial charge in [0.15, 0.2) is 16.7 Å². The topological polar surface area (TPSA) is 54.2 Å². The van der Waals surface area contributed by atoms with Gasteiger partial charge in [-0.3, -0.25) is 0 Å². The van der Waals surface area contributed by atoms with Gasteiger partial charge in [-0.15, -0.1) is 34.0 Å². The number of hydrogen-bond acceptors (Lipinski definition) is 6. The molecule has 0 unspecified atom stereocenters. The van der Waals surface area contributed by atoms with Crippen molar-refractivity contribution in [3.8, 4) is 83.8 Å². The van der Waals surface area contributed by atoms with Crippen LogP contribution < -0.4 is 0 Å². The van der Waals surface area contributed by atoms with Crippen molar-refractivity contribution in [2.24, 2.45) is 0 Å². The summed E-state index contributed by atoms with van der Waals surface area (Å²) in [7, 11) is 0.